The van der Waals surface area contributed by atoms with Gasteiger partial charge in [-0.2, -0.15) is 0 Å². The van der Waals surface area contributed by atoms with Crippen molar-refractivity contribution in [3.8, 4) is 67.5 Å². The molecule has 5 heteroatoms. The second kappa shape index (κ2) is 11.8. The summed E-state index contributed by atoms with van der Waals surface area (Å²) in [6, 6.07) is 57.4. The molecule has 0 spiro atoms. The Kier molecular flexibility index (Phi) is 6.91. The van der Waals surface area contributed by atoms with E-state index in [0.717, 1.165) is 60.9 Å². The van der Waals surface area contributed by atoms with Crippen LogP contribution in [0, 0.1) is 0 Å². The molecule has 246 valence electrons. The maximum Gasteiger partial charge on any atom is 0.165 e. The predicted octanol–water partition coefficient (Wildman–Crippen LogP) is 10.9. The predicted molar refractivity (Wildman–Crippen MR) is 216 cm³/mol. The van der Waals surface area contributed by atoms with Gasteiger partial charge >= 0.3 is 0 Å². The smallest absolute Gasteiger partial charge is 0.165 e. The number of rotatable bonds is 5. The maximum atomic E-state index is 6.54. The summed E-state index contributed by atoms with van der Waals surface area (Å²) < 4.78 is 6.54. The number of benzene rings is 7. The van der Waals surface area contributed by atoms with Gasteiger partial charge in [0.2, 0.25) is 0 Å². The Balaban J connectivity index is 1.32. The van der Waals surface area contributed by atoms with Crippen LogP contribution in [0.2, 0.25) is 13.1 Å². The van der Waals surface area contributed by atoms with Crippen molar-refractivity contribution >= 4 is 40.4 Å². The molecule has 0 saturated heterocycles. The van der Waals surface area contributed by atoms with Crippen LogP contribution in [0.3, 0.4) is 0 Å². The van der Waals surface area contributed by atoms with E-state index in [-0.39, 0.29) is 0 Å². The molecule has 1 aliphatic rings. The lowest BCUT2D eigenvalue weighted by atomic mass is 9.91. The number of hydrogen-bond acceptors (Lipinski definition) is 4. The molecule has 0 fully saturated rings. The lowest BCUT2D eigenvalue weighted by molar-refractivity contribution is 0.669. The molecule has 2 aromatic heterocycles. The molecule has 10 rings (SSSR count). The molecule has 4 nitrogen and oxygen atoms in total. The van der Waals surface area contributed by atoms with Crippen LogP contribution in [0.15, 0.2) is 168 Å². The third-order valence-corrected chi connectivity index (χ3v) is 14.1. The molecule has 3 heterocycles. The van der Waals surface area contributed by atoms with E-state index < -0.39 is 8.07 Å². The highest BCUT2D eigenvalue weighted by Gasteiger charge is 2.40. The molecule has 0 saturated carbocycles. The van der Waals surface area contributed by atoms with Crippen molar-refractivity contribution in [1.29, 1.82) is 0 Å². The average molecular weight is 684 g/mol. The number of hydrogen-bond donors (Lipinski definition) is 0. The zero-order valence-electron chi connectivity index (χ0n) is 28.8. The summed E-state index contributed by atoms with van der Waals surface area (Å²) in [5, 5.41) is 4.89. The summed E-state index contributed by atoms with van der Waals surface area (Å²) in [6.45, 7) is 4.90. The molecule has 0 N–H and O–H groups in total. The van der Waals surface area contributed by atoms with E-state index in [2.05, 4.69) is 134 Å². The number of nitrogens with zero attached hydrogens (tertiary/aromatic N) is 3. The molecule has 1 aliphatic heterocycles. The van der Waals surface area contributed by atoms with E-state index in [1.54, 1.807) is 0 Å². The number of fused-ring (bicyclic) bond motifs is 6. The highest BCUT2D eigenvalue weighted by Crippen LogP contribution is 2.44. The van der Waals surface area contributed by atoms with Crippen LogP contribution in [0.25, 0.3) is 89.5 Å². The van der Waals surface area contributed by atoms with Crippen molar-refractivity contribution < 1.29 is 4.42 Å². The minimum atomic E-state index is -2.00. The highest BCUT2D eigenvalue weighted by molar-refractivity contribution is 7.04. The van der Waals surface area contributed by atoms with Crippen LogP contribution in [-0.4, -0.2) is 23.0 Å². The lowest BCUT2D eigenvalue weighted by Crippen LogP contribution is -2.49. The average Bonchev–Trinajstić information content (AvgIpc) is 3.71. The summed E-state index contributed by atoms with van der Waals surface area (Å²) in [5.74, 6) is 1.90. The molecular formula is C47H33N3OSi. The van der Waals surface area contributed by atoms with Crippen LogP contribution in [0.1, 0.15) is 0 Å². The first-order valence-electron chi connectivity index (χ1n) is 17.7. The number of aromatic nitrogens is 3. The molecule has 0 amide bonds. The minimum Gasteiger partial charge on any atom is -0.456 e. The van der Waals surface area contributed by atoms with Gasteiger partial charge in [-0.15, -0.1) is 0 Å². The molecule has 9 aromatic rings. The second-order valence-corrected chi connectivity index (χ2v) is 18.3. The van der Waals surface area contributed by atoms with E-state index >= 15 is 0 Å². The summed E-state index contributed by atoms with van der Waals surface area (Å²) in [6.07, 6.45) is 0. The van der Waals surface area contributed by atoms with E-state index in [1.165, 1.54) is 21.5 Å². The minimum absolute atomic E-state index is 0.611. The van der Waals surface area contributed by atoms with Gasteiger partial charge in [-0.3, -0.25) is 0 Å². The van der Waals surface area contributed by atoms with Gasteiger partial charge in [0.15, 0.2) is 17.5 Å². The van der Waals surface area contributed by atoms with Gasteiger partial charge in [0.25, 0.3) is 0 Å². The monoisotopic (exact) mass is 683 g/mol. The fraction of sp³-hybridized carbons (Fsp3) is 0.0426. The van der Waals surface area contributed by atoms with Crippen molar-refractivity contribution in [2.45, 2.75) is 13.1 Å². The van der Waals surface area contributed by atoms with Gasteiger partial charge in [-0.1, -0.05) is 165 Å². The number of furan rings is 1. The van der Waals surface area contributed by atoms with Crippen LogP contribution in [0.4, 0.5) is 0 Å². The van der Waals surface area contributed by atoms with Crippen molar-refractivity contribution in [3.63, 3.8) is 0 Å². The van der Waals surface area contributed by atoms with E-state index in [4.69, 9.17) is 19.4 Å². The first-order chi connectivity index (χ1) is 25.6. The molecular weight excluding hydrogens is 651 g/mol. The Morgan fingerprint density at radius 3 is 1.58 bits per heavy atom. The van der Waals surface area contributed by atoms with Crippen LogP contribution in [0.5, 0.6) is 0 Å². The molecule has 0 atom stereocenters. The highest BCUT2D eigenvalue weighted by atomic mass is 28.3. The Morgan fingerprint density at radius 1 is 0.365 bits per heavy atom. The van der Waals surface area contributed by atoms with Gasteiger partial charge in [0.05, 0.1) is 0 Å². The Labute approximate surface area is 303 Å². The Bertz CT molecular complexity index is 2810. The Hall–Kier alpha value is -6.43. The normalized spacial score (nSPS) is 13.0. The quantitative estimate of drug-likeness (QED) is 0.169. The molecule has 0 unspecified atom stereocenters. The third kappa shape index (κ3) is 4.70. The van der Waals surface area contributed by atoms with Crippen molar-refractivity contribution in [2.24, 2.45) is 0 Å². The summed E-state index contributed by atoms with van der Waals surface area (Å²) in [4.78, 5) is 16.1. The molecule has 52 heavy (non-hydrogen) atoms. The molecule has 0 radical (unpaired) electrons. The molecule has 0 bridgehead atoms. The third-order valence-electron chi connectivity index (χ3n) is 10.6. The van der Waals surface area contributed by atoms with Gasteiger partial charge in [-0.05, 0) is 55.9 Å². The van der Waals surface area contributed by atoms with Crippen LogP contribution >= 0.6 is 0 Å². The van der Waals surface area contributed by atoms with Gasteiger partial charge < -0.3 is 4.42 Å². The van der Waals surface area contributed by atoms with Crippen molar-refractivity contribution in [3.05, 3.63) is 164 Å². The standard InChI is InChI=1S/C47H33N3OSi/c1-52(2)39-27-13-12-22-35(39)43-40(52)29-28-34(31-18-8-4-9-19-31)44(43)47-49-45(32-20-10-5-11-21-32)48-46(50-47)36-24-15-26-38-42(36)41-33(23-14-25-37(41)51-38)30-16-6-3-7-17-30/h3-29H,1-2H3. The summed E-state index contributed by atoms with van der Waals surface area (Å²) in [7, 11) is -2.00. The zero-order chi connectivity index (χ0) is 34.8. The lowest BCUT2D eigenvalue weighted by Gasteiger charge is -2.21. The van der Waals surface area contributed by atoms with Crippen molar-refractivity contribution in [1.82, 2.24) is 15.0 Å². The maximum absolute atomic E-state index is 6.54. The van der Waals surface area contributed by atoms with Gasteiger partial charge in [-0.25, -0.2) is 15.0 Å². The molecule has 0 aliphatic carbocycles. The van der Waals surface area contributed by atoms with E-state index in [1.807, 2.05) is 42.5 Å². The van der Waals surface area contributed by atoms with Gasteiger partial charge in [0, 0.05) is 27.5 Å². The van der Waals surface area contributed by atoms with Gasteiger partial charge in [0.1, 0.15) is 19.2 Å². The molecule has 7 aromatic carbocycles. The van der Waals surface area contributed by atoms with Crippen molar-refractivity contribution in [2.75, 3.05) is 0 Å². The fourth-order valence-corrected chi connectivity index (χ4v) is 11.2. The van der Waals surface area contributed by atoms with E-state index in [0.29, 0.717) is 17.5 Å². The second-order valence-electron chi connectivity index (χ2n) is 13.9. The van der Waals surface area contributed by atoms with E-state index in [9.17, 15) is 0 Å². The first-order valence-corrected chi connectivity index (χ1v) is 20.7. The largest absolute Gasteiger partial charge is 0.456 e. The summed E-state index contributed by atoms with van der Waals surface area (Å²) >= 11 is 0. The Morgan fingerprint density at radius 2 is 0.885 bits per heavy atom. The topological polar surface area (TPSA) is 51.8 Å². The summed E-state index contributed by atoms with van der Waals surface area (Å²) in [5.41, 5.74) is 11.5. The zero-order valence-corrected chi connectivity index (χ0v) is 29.8. The van der Waals surface area contributed by atoms with Crippen LogP contribution < -0.4 is 10.4 Å². The fourth-order valence-electron chi connectivity index (χ4n) is 8.12. The van der Waals surface area contributed by atoms with Crippen LogP contribution in [-0.2, 0) is 0 Å². The first kappa shape index (κ1) is 30.4. The SMILES string of the molecule is C[Si]1(C)c2ccccc2-c2c1ccc(-c1ccccc1)c2-c1nc(-c2ccccc2)nc(-c2cccc3oc4cccc(-c5ccccc5)c4c23)n1.